The van der Waals surface area contributed by atoms with E-state index in [1.807, 2.05) is 42.6 Å². The molecule has 5 nitrogen and oxygen atoms in total. The highest BCUT2D eigenvalue weighted by Gasteiger charge is 2.42. The van der Waals surface area contributed by atoms with Crippen LogP contribution in [0.1, 0.15) is 34.7 Å². The van der Waals surface area contributed by atoms with Crippen LogP contribution in [0, 0.1) is 13.8 Å². The largest absolute Gasteiger partial charge is 0.495 e. The van der Waals surface area contributed by atoms with Gasteiger partial charge < -0.3 is 19.5 Å². The zero-order valence-electron chi connectivity index (χ0n) is 19.5. The lowest BCUT2D eigenvalue weighted by atomic mass is 9.96. The third-order valence-electron chi connectivity index (χ3n) is 6.39. The summed E-state index contributed by atoms with van der Waals surface area (Å²) >= 11 is 15.9. The normalized spacial score (nSPS) is 17.5. The molecule has 0 bridgehead atoms. The predicted molar refractivity (Wildman–Crippen MR) is 149 cm³/mol. The van der Waals surface area contributed by atoms with E-state index in [9.17, 15) is 0 Å². The summed E-state index contributed by atoms with van der Waals surface area (Å²) in [6.45, 7) is 4.28. The molecule has 2 atom stereocenters. The van der Waals surface area contributed by atoms with E-state index in [2.05, 4.69) is 79.9 Å². The first-order chi connectivity index (χ1) is 16.9. The van der Waals surface area contributed by atoms with Crippen molar-refractivity contribution in [3.05, 3.63) is 105 Å². The Morgan fingerprint density at radius 1 is 1.03 bits per heavy atom. The number of aromatic nitrogens is 2. The van der Waals surface area contributed by atoms with Crippen LogP contribution in [0.3, 0.4) is 0 Å². The fourth-order valence-electron chi connectivity index (χ4n) is 4.83. The maximum Gasteiger partial charge on any atom is 0.174 e. The number of thiocarbonyl (C=S) groups is 1. The van der Waals surface area contributed by atoms with E-state index in [0.29, 0.717) is 15.9 Å². The Balaban J connectivity index is 1.67. The van der Waals surface area contributed by atoms with Crippen molar-refractivity contribution in [1.29, 1.82) is 0 Å². The molecule has 2 aromatic heterocycles. The van der Waals surface area contributed by atoms with Crippen molar-refractivity contribution < 1.29 is 4.74 Å². The summed E-state index contributed by atoms with van der Waals surface area (Å²) in [7, 11) is 1.61. The minimum absolute atomic E-state index is 0.128. The second-order valence-electron chi connectivity index (χ2n) is 8.45. The molecule has 35 heavy (non-hydrogen) atoms. The summed E-state index contributed by atoms with van der Waals surface area (Å²) in [6.07, 6.45) is 1.81. The molecule has 0 spiro atoms. The smallest absolute Gasteiger partial charge is 0.174 e. The lowest BCUT2D eigenvalue weighted by molar-refractivity contribution is 0.415. The highest BCUT2D eigenvalue weighted by molar-refractivity contribution is 9.10. The van der Waals surface area contributed by atoms with Crippen molar-refractivity contribution in [3.8, 4) is 11.4 Å². The summed E-state index contributed by atoms with van der Waals surface area (Å²) in [4.78, 5) is 6.80. The van der Waals surface area contributed by atoms with Gasteiger partial charge in [0, 0.05) is 33.4 Å². The maximum absolute atomic E-state index is 6.52. The number of nitrogens with zero attached hydrogens (tertiary/aromatic N) is 3. The molecule has 1 fully saturated rings. The third-order valence-corrected chi connectivity index (χ3v) is 7.52. The van der Waals surface area contributed by atoms with E-state index in [0.717, 1.165) is 32.9 Å². The number of hydrogen-bond donors (Lipinski definition) is 1. The summed E-state index contributed by atoms with van der Waals surface area (Å²) < 4.78 is 8.70. The van der Waals surface area contributed by atoms with Crippen molar-refractivity contribution in [2.24, 2.45) is 0 Å². The van der Waals surface area contributed by atoms with Crippen LogP contribution < -0.4 is 15.0 Å². The van der Waals surface area contributed by atoms with Crippen LogP contribution in [-0.2, 0) is 0 Å². The number of hydrogen-bond acceptors (Lipinski definition) is 3. The van der Waals surface area contributed by atoms with Gasteiger partial charge in [0.15, 0.2) is 5.11 Å². The van der Waals surface area contributed by atoms with Crippen LogP contribution in [0.5, 0.6) is 5.75 Å². The molecular weight excluding hydrogens is 544 g/mol. The lowest BCUT2D eigenvalue weighted by Crippen LogP contribution is -2.29. The molecule has 1 aliphatic rings. The Bertz CT molecular complexity index is 1390. The topological polar surface area (TPSA) is 42.3 Å². The van der Waals surface area contributed by atoms with Crippen LogP contribution in [-0.4, -0.2) is 21.8 Å². The van der Waals surface area contributed by atoms with Gasteiger partial charge in [-0.05, 0) is 92.3 Å². The zero-order chi connectivity index (χ0) is 24.7. The standard InChI is InChI=1S/C27H24BrClN4OS/c1-16-14-21(17(2)32(16)19-9-7-18(28)8-10-19)26-25(23-6-4-5-13-30-23)31-27(35)33(26)20-11-12-24(34-3)22(29)15-20/h4-15,25-26H,1-3H3,(H,31,35)/t25-,26-/m1/s1. The Morgan fingerprint density at radius 2 is 1.77 bits per heavy atom. The van der Waals surface area contributed by atoms with E-state index >= 15 is 0 Å². The number of aryl methyl sites for hydroxylation is 1. The van der Waals surface area contributed by atoms with Crippen molar-refractivity contribution in [2.75, 3.05) is 12.0 Å². The van der Waals surface area contributed by atoms with Crippen molar-refractivity contribution in [3.63, 3.8) is 0 Å². The first kappa shape index (κ1) is 23.9. The monoisotopic (exact) mass is 566 g/mol. The molecule has 0 aliphatic carbocycles. The quantitative estimate of drug-likeness (QED) is 0.261. The predicted octanol–water partition coefficient (Wildman–Crippen LogP) is 7.09. The van der Waals surface area contributed by atoms with E-state index in [-0.39, 0.29) is 12.1 Å². The molecule has 1 aliphatic heterocycles. The number of anilines is 1. The molecule has 0 amide bonds. The van der Waals surface area contributed by atoms with Crippen molar-refractivity contribution >= 4 is 50.5 Å². The summed E-state index contributed by atoms with van der Waals surface area (Å²) in [6, 6.07) is 22.0. The van der Waals surface area contributed by atoms with E-state index in [1.165, 1.54) is 5.56 Å². The van der Waals surface area contributed by atoms with Gasteiger partial charge in [0.2, 0.25) is 0 Å². The van der Waals surface area contributed by atoms with Crippen molar-refractivity contribution in [2.45, 2.75) is 25.9 Å². The minimum Gasteiger partial charge on any atom is -0.495 e. The van der Waals surface area contributed by atoms with Gasteiger partial charge in [-0.3, -0.25) is 4.98 Å². The van der Waals surface area contributed by atoms with Gasteiger partial charge in [-0.2, -0.15) is 0 Å². The Hall–Kier alpha value is -2.87. The van der Waals surface area contributed by atoms with Gasteiger partial charge in [-0.15, -0.1) is 0 Å². The summed E-state index contributed by atoms with van der Waals surface area (Å²) in [5.74, 6) is 0.625. The highest BCUT2D eigenvalue weighted by atomic mass is 79.9. The van der Waals surface area contributed by atoms with Crippen LogP contribution >= 0.6 is 39.7 Å². The molecule has 1 N–H and O–H groups in total. The fraction of sp³-hybridized carbons (Fsp3) is 0.185. The maximum atomic E-state index is 6.52. The number of ether oxygens (including phenoxy) is 1. The van der Waals surface area contributed by atoms with Crippen LogP contribution in [0.15, 0.2) is 77.4 Å². The molecule has 0 radical (unpaired) electrons. The second kappa shape index (κ2) is 9.64. The molecule has 1 saturated heterocycles. The summed E-state index contributed by atoms with van der Waals surface area (Å²) in [5.41, 5.74) is 6.38. The average molecular weight is 568 g/mol. The van der Waals surface area contributed by atoms with Gasteiger partial charge >= 0.3 is 0 Å². The van der Waals surface area contributed by atoms with Gasteiger partial charge in [0.25, 0.3) is 0 Å². The zero-order valence-corrected chi connectivity index (χ0v) is 22.7. The molecule has 0 unspecified atom stereocenters. The summed E-state index contributed by atoms with van der Waals surface area (Å²) in [5, 5.41) is 4.68. The third kappa shape index (κ3) is 4.33. The lowest BCUT2D eigenvalue weighted by Gasteiger charge is -2.28. The van der Waals surface area contributed by atoms with E-state index < -0.39 is 0 Å². The van der Waals surface area contributed by atoms with Gasteiger partial charge in [0.05, 0.1) is 29.9 Å². The number of benzene rings is 2. The molecule has 2 aromatic carbocycles. The first-order valence-electron chi connectivity index (χ1n) is 11.2. The number of methoxy groups -OCH3 is 1. The van der Waals surface area contributed by atoms with E-state index in [4.69, 9.17) is 28.6 Å². The van der Waals surface area contributed by atoms with Crippen LogP contribution in [0.25, 0.3) is 5.69 Å². The van der Waals surface area contributed by atoms with Crippen LogP contribution in [0.4, 0.5) is 5.69 Å². The SMILES string of the molecule is COc1ccc(N2C(=S)N[C@H](c3ccccn3)[C@H]2c2cc(C)n(-c3ccc(Br)cc3)c2C)cc1Cl. The average Bonchev–Trinajstić information content (AvgIpc) is 3.35. The van der Waals surface area contributed by atoms with Gasteiger partial charge in [0.1, 0.15) is 5.75 Å². The van der Waals surface area contributed by atoms with E-state index in [1.54, 1.807) is 7.11 Å². The Kier molecular flexibility index (Phi) is 6.57. The Morgan fingerprint density at radius 3 is 2.43 bits per heavy atom. The molecule has 8 heteroatoms. The second-order valence-corrected chi connectivity index (χ2v) is 10.2. The fourth-order valence-corrected chi connectivity index (χ4v) is 5.69. The molecule has 4 aromatic rings. The molecular formula is C27H24BrClN4OS. The van der Waals surface area contributed by atoms with Crippen molar-refractivity contribution in [1.82, 2.24) is 14.9 Å². The Labute approximate surface area is 223 Å². The van der Waals surface area contributed by atoms with Gasteiger partial charge in [-0.25, -0.2) is 0 Å². The molecule has 0 saturated carbocycles. The number of rotatable bonds is 5. The van der Waals surface area contributed by atoms with Gasteiger partial charge in [-0.1, -0.05) is 33.6 Å². The molecule has 178 valence electrons. The highest BCUT2D eigenvalue weighted by Crippen LogP contribution is 2.45. The number of pyridine rings is 1. The molecule has 5 rings (SSSR count). The number of nitrogens with one attached hydrogen (secondary N) is 1. The number of halogens is 2. The minimum atomic E-state index is -0.136. The molecule has 3 heterocycles. The van der Waals surface area contributed by atoms with Crippen LogP contribution in [0.2, 0.25) is 5.02 Å². The first-order valence-corrected chi connectivity index (χ1v) is 12.8.